The van der Waals surface area contributed by atoms with Gasteiger partial charge in [0, 0.05) is 31.7 Å². The van der Waals surface area contributed by atoms with E-state index in [4.69, 9.17) is 0 Å². The quantitative estimate of drug-likeness (QED) is 0.727. The van der Waals surface area contributed by atoms with Crippen LogP contribution < -0.4 is 10.1 Å². The van der Waals surface area contributed by atoms with Crippen molar-refractivity contribution >= 4 is 17.7 Å². The van der Waals surface area contributed by atoms with Crippen LogP contribution in [0.25, 0.3) is 0 Å². The van der Waals surface area contributed by atoms with Gasteiger partial charge >= 0.3 is 18.4 Å². The number of nitrogens with one attached hydrogen (secondary N) is 1. The second-order valence-electron chi connectivity index (χ2n) is 5.37. The molecule has 1 N–H and O–H groups in total. The molecule has 0 atom stereocenters. The van der Waals surface area contributed by atoms with Crippen LogP contribution in [0.5, 0.6) is 5.75 Å². The highest BCUT2D eigenvalue weighted by atomic mass is 19.3. The molecule has 0 spiro atoms. The van der Waals surface area contributed by atoms with Crippen molar-refractivity contribution in [2.75, 3.05) is 26.2 Å². The summed E-state index contributed by atoms with van der Waals surface area (Å²) in [6, 6.07) is 6.10. The molecule has 1 aliphatic rings. The van der Waals surface area contributed by atoms with E-state index in [0.717, 1.165) is 0 Å². The Hall–Kier alpha value is -2.71. The largest absolute Gasteiger partial charge is 0.434 e. The lowest BCUT2D eigenvalue weighted by Gasteiger charge is -2.32. The number of piperazine rings is 1. The molecule has 3 amide bonds. The van der Waals surface area contributed by atoms with Crippen LogP contribution in [0, 0.1) is 0 Å². The second-order valence-corrected chi connectivity index (χ2v) is 5.37. The standard InChI is InChI=1S/C16H19F2N3O4/c1-2-20-7-8-21(15(24)14(20)23)10-13(22)19-9-11-5-3-4-6-12(11)25-16(17)18/h3-6,16H,2,7-10H2,1H3,(H,19,22). The molecular formula is C16H19F2N3O4. The minimum absolute atomic E-state index is 0.0272. The topological polar surface area (TPSA) is 79.0 Å². The van der Waals surface area contributed by atoms with E-state index >= 15 is 0 Å². The number of benzene rings is 1. The molecule has 2 rings (SSSR count). The van der Waals surface area contributed by atoms with Gasteiger partial charge in [0.15, 0.2) is 0 Å². The molecule has 0 bridgehead atoms. The van der Waals surface area contributed by atoms with Crippen LogP contribution in [0.15, 0.2) is 24.3 Å². The average molecular weight is 355 g/mol. The van der Waals surface area contributed by atoms with Crippen molar-refractivity contribution in [2.24, 2.45) is 0 Å². The Morgan fingerprint density at radius 3 is 2.52 bits per heavy atom. The number of rotatable bonds is 7. The molecule has 0 radical (unpaired) electrons. The molecule has 0 aromatic heterocycles. The molecule has 1 saturated heterocycles. The zero-order valence-electron chi connectivity index (χ0n) is 13.7. The van der Waals surface area contributed by atoms with Crippen molar-refractivity contribution in [1.82, 2.24) is 15.1 Å². The van der Waals surface area contributed by atoms with Gasteiger partial charge in [-0.25, -0.2) is 0 Å². The van der Waals surface area contributed by atoms with E-state index < -0.39 is 24.3 Å². The first-order chi connectivity index (χ1) is 11.9. The van der Waals surface area contributed by atoms with E-state index in [2.05, 4.69) is 10.1 Å². The number of ether oxygens (including phenoxy) is 1. The highest BCUT2D eigenvalue weighted by Gasteiger charge is 2.32. The van der Waals surface area contributed by atoms with Crippen LogP contribution in [0.1, 0.15) is 12.5 Å². The lowest BCUT2D eigenvalue weighted by atomic mass is 10.2. The SMILES string of the molecule is CCN1CCN(CC(=O)NCc2ccccc2OC(F)F)C(=O)C1=O. The Bertz CT molecular complexity index is 654. The molecule has 9 heteroatoms. The summed E-state index contributed by atoms with van der Waals surface area (Å²) >= 11 is 0. The summed E-state index contributed by atoms with van der Waals surface area (Å²) in [5.74, 6) is -1.86. The van der Waals surface area contributed by atoms with Crippen molar-refractivity contribution in [2.45, 2.75) is 20.1 Å². The smallest absolute Gasteiger partial charge is 0.387 e. The van der Waals surface area contributed by atoms with Gasteiger partial charge in [0.1, 0.15) is 12.3 Å². The number of alkyl halides is 2. The number of carbonyl (C=O) groups is 3. The number of para-hydroxylation sites is 1. The molecule has 0 unspecified atom stereocenters. The van der Waals surface area contributed by atoms with Gasteiger partial charge in [-0.1, -0.05) is 18.2 Å². The van der Waals surface area contributed by atoms with Crippen molar-refractivity contribution < 1.29 is 27.9 Å². The van der Waals surface area contributed by atoms with E-state index in [0.29, 0.717) is 18.7 Å². The molecule has 1 aromatic rings. The molecule has 7 nitrogen and oxygen atoms in total. The third-order valence-corrected chi connectivity index (χ3v) is 3.78. The van der Waals surface area contributed by atoms with Crippen LogP contribution in [0.3, 0.4) is 0 Å². The van der Waals surface area contributed by atoms with Gasteiger partial charge < -0.3 is 19.9 Å². The highest BCUT2D eigenvalue weighted by Crippen LogP contribution is 2.19. The Morgan fingerprint density at radius 1 is 1.20 bits per heavy atom. The van der Waals surface area contributed by atoms with Crippen molar-refractivity contribution in [3.05, 3.63) is 29.8 Å². The van der Waals surface area contributed by atoms with E-state index in [9.17, 15) is 23.2 Å². The lowest BCUT2D eigenvalue weighted by Crippen LogP contribution is -2.56. The normalized spacial score (nSPS) is 14.9. The lowest BCUT2D eigenvalue weighted by molar-refractivity contribution is -0.156. The zero-order valence-corrected chi connectivity index (χ0v) is 13.7. The molecular weight excluding hydrogens is 336 g/mol. The molecule has 0 saturated carbocycles. The minimum atomic E-state index is -2.96. The maximum atomic E-state index is 12.4. The van der Waals surface area contributed by atoms with Crippen molar-refractivity contribution in [1.29, 1.82) is 0 Å². The second kappa shape index (κ2) is 8.41. The average Bonchev–Trinajstić information content (AvgIpc) is 2.58. The highest BCUT2D eigenvalue weighted by molar-refractivity contribution is 6.35. The number of likely N-dealkylation sites (N-methyl/N-ethyl adjacent to an activating group) is 1. The minimum Gasteiger partial charge on any atom is -0.434 e. The van der Waals surface area contributed by atoms with Gasteiger partial charge in [-0.3, -0.25) is 14.4 Å². The molecule has 1 aromatic carbocycles. The van der Waals surface area contributed by atoms with Crippen LogP contribution in [-0.2, 0) is 20.9 Å². The summed E-state index contributed by atoms with van der Waals surface area (Å²) in [7, 11) is 0. The molecule has 1 heterocycles. The number of hydrogen-bond acceptors (Lipinski definition) is 4. The summed E-state index contributed by atoms with van der Waals surface area (Å²) in [6.07, 6.45) is 0. The van der Waals surface area contributed by atoms with E-state index in [-0.39, 0.29) is 25.4 Å². The number of hydrogen-bond donors (Lipinski definition) is 1. The number of halogens is 2. The van der Waals surface area contributed by atoms with Gasteiger partial charge in [-0.15, -0.1) is 0 Å². The van der Waals surface area contributed by atoms with E-state index in [1.54, 1.807) is 25.1 Å². The fourth-order valence-corrected chi connectivity index (χ4v) is 2.45. The number of carbonyl (C=O) groups excluding carboxylic acids is 3. The number of amides is 3. The van der Waals surface area contributed by atoms with Gasteiger partial charge in [-0.2, -0.15) is 8.78 Å². The first-order valence-corrected chi connectivity index (χ1v) is 7.80. The van der Waals surface area contributed by atoms with Crippen LogP contribution in [-0.4, -0.2) is 60.3 Å². The number of nitrogens with zero attached hydrogens (tertiary/aromatic N) is 2. The molecule has 25 heavy (non-hydrogen) atoms. The summed E-state index contributed by atoms with van der Waals surface area (Å²) in [5, 5.41) is 2.54. The maximum Gasteiger partial charge on any atom is 0.387 e. The van der Waals surface area contributed by atoms with Crippen molar-refractivity contribution in [3.63, 3.8) is 0 Å². The molecule has 1 aliphatic heterocycles. The summed E-state index contributed by atoms with van der Waals surface area (Å²) in [6.45, 7) is -0.400. The van der Waals surface area contributed by atoms with Gasteiger partial charge in [0.2, 0.25) is 5.91 Å². The Labute approximate surface area is 143 Å². The van der Waals surface area contributed by atoms with E-state index in [1.807, 2.05) is 0 Å². The summed E-state index contributed by atoms with van der Waals surface area (Å²) in [4.78, 5) is 38.3. The fourth-order valence-electron chi connectivity index (χ4n) is 2.45. The van der Waals surface area contributed by atoms with Crippen molar-refractivity contribution in [3.8, 4) is 5.75 Å². The van der Waals surface area contributed by atoms with Gasteiger partial charge in [0.05, 0.1) is 0 Å². The van der Waals surface area contributed by atoms with E-state index in [1.165, 1.54) is 15.9 Å². The third kappa shape index (κ3) is 4.88. The Kier molecular flexibility index (Phi) is 6.26. The molecule has 1 fully saturated rings. The van der Waals surface area contributed by atoms with Crippen LogP contribution >= 0.6 is 0 Å². The Morgan fingerprint density at radius 2 is 1.84 bits per heavy atom. The van der Waals surface area contributed by atoms with Crippen LogP contribution in [0.4, 0.5) is 8.78 Å². The zero-order chi connectivity index (χ0) is 18.4. The first-order valence-electron chi connectivity index (χ1n) is 7.80. The predicted octanol–water partition coefficient (Wildman–Crippen LogP) is 0.595. The predicted molar refractivity (Wildman–Crippen MR) is 83.8 cm³/mol. The third-order valence-electron chi connectivity index (χ3n) is 3.78. The van der Waals surface area contributed by atoms with Gasteiger partial charge in [-0.05, 0) is 13.0 Å². The van der Waals surface area contributed by atoms with Crippen LogP contribution in [0.2, 0.25) is 0 Å². The molecule has 0 aliphatic carbocycles. The monoisotopic (exact) mass is 355 g/mol. The van der Waals surface area contributed by atoms with Gasteiger partial charge in [0.25, 0.3) is 0 Å². The Balaban J connectivity index is 1.89. The summed E-state index contributed by atoms with van der Waals surface area (Å²) < 4.78 is 29.1. The maximum absolute atomic E-state index is 12.4. The fraction of sp³-hybridized carbons (Fsp3) is 0.438. The molecule has 136 valence electrons. The first kappa shape index (κ1) is 18.6. The summed E-state index contributed by atoms with van der Waals surface area (Å²) in [5.41, 5.74) is 0.384.